The summed E-state index contributed by atoms with van der Waals surface area (Å²) in [4.78, 5) is 0. The lowest BCUT2D eigenvalue weighted by molar-refractivity contribution is -0.137. The summed E-state index contributed by atoms with van der Waals surface area (Å²) in [5, 5.41) is 0. The molecule has 3 atom stereocenters. The Labute approximate surface area is 90.2 Å². The van der Waals surface area contributed by atoms with Crippen LogP contribution in [-0.2, 0) is 0 Å². The maximum Gasteiger partial charge on any atom is 0.389 e. The Morgan fingerprint density at radius 1 is 1.20 bits per heavy atom. The van der Waals surface area contributed by atoms with Gasteiger partial charge in [-0.05, 0) is 42.9 Å². The zero-order chi connectivity index (χ0) is 11.6. The number of alkyl halides is 3. The smallest absolute Gasteiger partial charge is 0.171 e. The summed E-state index contributed by atoms with van der Waals surface area (Å²) >= 11 is 0. The van der Waals surface area contributed by atoms with Crippen LogP contribution in [0.3, 0.4) is 0 Å². The molecule has 0 saturated heterocycles. The van der Waals surface area contributed by atoms with E-state index >= 15 is 0 Å². The maximum atomic E-state index is 12.0. The molecule has 0 aromatic rings. The van der Waals surface area contributed by atoms with Crippen LogP contribution in [0.15, 0.2) is 0 Å². The third kappa shape index (κ3) is 4.89. The fraction of sp³-hybridized carbons (Fsp3) is 1.00. The summed E-state index contributed by atoms with van der Waals surface area (Å²) in [7, 11) is 0. The van der Waals surface area contributed by atoms with Gasteiger partial charge in [0.15, 0.2) is 0 Å². The van der Waals surface area contributed by atoms with Crippen LogP contribution < -0.4 is 0 Å². The summed E-state index contributed by atoms with van der Waals surface area (Å²) in [5.41, 5.74) is 0. The van der Waals surface area contributed by atoms with Gasteiger partial charge in [0.05, 0.1) is 0 Å². The largest absolute Gasteiger partial charge is 0.389 e. The Bertz CT molecular complexity index is 196. The minimum absolute atomic E-state index is 0.223. The number of rotatable bonds is 5. The monoisotopic (exact) mass is 222 g/mol. The second kappa shape index (κ2) is 4.75. The topological polar surface area (TPSA) is 0 Å². The molecule has 1 rings (SSSR count). The molecule has 1 aliphatic rings. The Balaban J connectivity index is 2.13. The van der Waals surface area contributed by atoms with Crippen LogP contribution in [-0.4, -0.2) is 6.18 Å². The van der Waals surface area contributed by atoms with E-state index in [0.717, 1.165) is 12.3 Å². The molecule has 1 fully saturated rings. The highest BCUT2D eigenvalue weighted by Crippen LogP contribution is 2.48. The molecule has 1 aliphatic carbocycles. The van der Waals surface area contributed by atoms with Gasteiger partial charge in [0.1, 0.15) is 0 Å². The molecule has 0 N–H and O–H groups in total. The summed E-state index contributed by atoms with van der Waals surface area (Å²) in [6, 6.07) is 0. The highest BCUT2D eigenvalue weighted by atomic mass is 19.4. The molecule has 90 valence electrons. The number of hydrogen-bond donors (Lipinski definition) is 0. The minimum atomic E-state index is -3.98. The molecule has 0 amide bonds. The van der Waals surface area contributed by atoms with E-state index in [-0.39, 0.29) is 5.92 Å². The van der Waals surface area contributed by atoms with Crippen LogP contribution in [0.5, 0.6) is 0 Å². The van der Waals surface area contributed by atoms with E-state index in [1.54, 1.807) is 0 Å². The Morgan fingerprint density at radius 3 is 2.20 bits per heavy atom. The highest BCUT2D eigenvalue weighted by Gasteiger charge is 2.39. The number of hydrogen-bond acceptors (Lipinski definition) is 0. The predicted octanol–water partition coefficient (Wildman–Crippen LogP) is 4.65. The molecule has 0 heterocycles. The van der Waals surface area contributed by atoms with Crippen LogP contribution in [0.25, 0.3) is 0 Å². The molecule has 15 heavy (non-hydrogen) atoms. The van der Waals surface area contributed by atoms with Gasteiger partial charge in [-0.1, -0.05) is 20.8 Å². The van der Waals surface area contributed by atoms with E-state index in [1.807, 2.05) is 6.92 Å². The summed E-state index contributed by atoms with van der Waals surface area (Å²) in [6.07, 6.45) is -2.08. The Hall–Kier alpha value is -0.210. The lowest BCUT2D eigenvalue weighted by Gasteiger charge is -2.13. The van der Waals surface area contributed by atoms with Gasteiger partial charge in [0.25, 0.3) is 0 Å². The zero-order valence-corrected chi connectivity index (χ0v) is 9.77. The predicted molar refractivity (Wildman–Crippen MR) is 55.5 cm³/mol. The number of halogens is 3. The van der Waals surface area contributed by atoms with Gasteiger partial charge in [0, 0.05) is 6.42 Å². The average molecular weight is 222 g/mol. The molecule has 1 saturated carbocycles. The van der Waals surface area contributed by atoms with Crippen molar-refractivity contribution in [2.75, 3.05) is 0 Å². The molecule has 0 aromatic heterocycles. The molecular weight excluding hydrogens is 201 g/mol. The molecule has 2 unspecified atom stereocenters. The second-order valence-corrected chi connectivity index (χ2v) is 5.40. The lowest BCUT2D eigenvalue weighted by Crippen LogP contribution is -2.10. The summed E-state index contributed by atoms with van der Waals surface area (Å²) in [5.74, 6) is 2.40. The van der Waals surface area contributed by atoms with E-state index < -0.39 is 12.6 Å². The summed E-state index contributed by atoms with van der Waals surface area (Å²) < 4.78 is 35.9. The van der Waals surface area contributed by atoms with Crippen molar-refractivity contribution in [3.8, 4) is 0 Å². The SMILES string of the molecule is CC(C)C1CC1C[C@H](C)CCC(F)(F)F. The van der Waals surface area contributed by atoms with Crippen molar-refractivity contribution in [3.63, 3.8) is 0 Å². The van der Waals surface area contributed by atoms with Crippen molar-refractivity contribution < 1.29 is 13.2 Å². The van der Waals surface area contributed by atoms with Crippen molar-refractivity contribution in [3.05, 3.63) is 0 Å². The van der Waals surface area contributed by atoms with E-state index in [0.29, 0.717) is 18.3 Å². The molecule has 0 spiro atoms. The summed E-state index contributed by atoms with van der Waals surface area (Å²) in [6.45, 7) is 6.34. The molecule has 0 aliphatic heterocycles. The molecule has 0 aromatic carbocycles. The van der Waals surface area contributed by atoms with E-state index in [9.17, 15) is 13.2 Å². The molecular formula is C12H21F3. The first-order chi connectivity index (χ1) is 6.79. The fourth-order valence-corrected chi connectivity index (χ4v) is 2.40. The van der Waals surface area contributed by atoms with Crippen molar-refractivity contribution in [1.29, 1.82) is 0 Å². The van der Waals surface area contributed by atoms with Gasteiger partial charge in [-0.2, -0.15) is 13.2 Å². The highest BCUT2D eigenvalue weighted by molar-refractivity contribution is 4.89. The first-order valence-electron chi connectivity index (χ1n) is 5.86. The molecule has 0 bridgehead atoms. The van der Waals surface area contributed by atoms with Crippen LogP contribution >= 0.6 is 0 Å². The van der Waals surface area contributed by atoms with Crippen molar-refractivity contribution >= 4 is 0 Å². The standard InChI is InChI=1S/C12H21F3/c1-8(2)11-7-10(11)6-9(3)4-5-12(13,14)15/h8-11H,4-7H2,1-3H3/t9-,10?,11?/m1/s1. The van der Waals surface area contributed by atoms with Gasteiger partial charge in [-0.25, -0.2) is 0 Å². The first-order valence-corrected chi connectivity index (χ1v) is 5.86. The van der Waals surface area contributed by atoms with Gasteiger partial charge >= 0.3 is 6.18 Å². The Morgan fingerprint density at radius 2 is 1.80 bits per heavy atom. The van der Waals surface area contributed by atoms with E-state index in [4.69, 9.17) is 0 Å². The van der Waals surface area contributed by atoms with E-state index in [2.05, 4.69) is 13.8 Å². The van der Waals surface area contributed by atoms with Gasteiger partial charge in [-0.15, -0.1) is 0 Å². The van der Waals surface area contributed by atoms with E-state index in [1.165, 1.54) is 6.42 Å². The van der Waals surface area contributed by atoms with Crippen molar-refractivity contribution in [2.24, 2.45) is 23.7 Å². The molecule has 0 radical (unpaired) electrons. The lowest BCUT2D eigenvalue weighted by atomic mass is 9.96. The third-order valence-corrected chi connectivity index (χ3v) is 3.46. The van der Waals surface area contributed by atoms with Gasteiger partial charge in [-0.3, -0.25) is 0 Å². The van der Waals surface area contributed by atoms with Crippen LogP contribution in [0.4, 0.5) is 13.2 Å². The second-order valence-electron chi connectivity index (χ2n) is 5.40. The van der Waals surface area contributed by atoms with Crippen LogP contribution in [0.1, 0.15) is 46.5 Å². The molecule has 3 heteroatoms. The first kappa shape index (κ1) is 12.9. The van der Waals surface area contributed by atoms with Gasteiger partial charge < -0.3 is 0 Å². The Kier molecular flexibility index (Phi) is 4.07. The van der Waals surface area contributed by atoms with Gasteiger partial charge in [0.2, 0.25) is 0 Å². The quantitative estimate of drug-likeness (QED) is 0.635. The third-order valence-electron chi connectivity index (χ3n) is 3.46. The zero-order valence-electron chi connectivity index (χ0n) is 9.77. The maximum absolute atomic E-state index is 12.0. The molecule has 0 nitrogen and oxygen atoms in total. The normalized spacial score (nSPS) is 28.2. The van der Waals surface area contributed by atoms with Crippen molar-refractivity contribution in [2.45, 2.75) is 52.6 Å². The van der Waals surface area contributed by atoms with Crippen LogP contribution in [0.2, 0.25) is 0 Å². The fourth-order valence-electron chi connectivity index (χ4n) is 2.40. The van der Waals surface area contributed by atoms with Crippen LogP contribution in [0, 0.1) is 23.7 Å². The minimum Gasteiger partial charge on any atom is -0.171 e. The average Bonchev–Trinajstić information content (AvgIpc) is 2.79. The van der Waals surface area contributed by atoms with Crippen molar-refractivity contribution in [1.82, 2.24) is 0 Å².